The van der Waals surface area contributed by atoms with Crippen molar-refractivity contribution < 1.29 is 13.6 Å². The fraction of sp³-hybridized carbons (Fsp3) is 0.0400. The predicted octanol–water partition coefficient (Wildman–Crippen LogP) is 13.7. The molecule has 1 aliphatic carbocycles. The number of ether oxygens (including phenoxy) is 1. The van der Waals surface area contributed by atoms with Gasteiger partial charge >= 0.3 is 0 Å². The summed E-state index contributed by atoms with van der Waals surface area (Å²) < 4.78 is 20.1. The molecule has 0 N–H and O–H groups in total. The van der Waals surface area contributed by atoms with Crippen molar-refractivity contribution in [3.8, 4) is 22.6 Å². The first-order valence-electron chi connectivity index (χ1n) is 18.4. The van der Waals surface area contributed by atoms with Crippen LogP contribution in [-0.4, -0.2) is 0 Å². The van der Waals surface area contributed by atoms with Crippen molar-refractivity contribution in [1.29, 1.82) is 0 Å². The molecule has 0 amide bonds. The zero-order chi connectivity index (χ0) is 35.5. The maximum Gasteiger partial charge on any atom is 0.159 e. The first-order valence-corrected chi connectivity index (χ1v) is 18.4. The first-order chi connectivity index (χ1) is 26.7. The molecule has 10 aromatic rings. The highest BCUT2D eigenvalue weighted by atomic mass is 16.5. The van der Waals surface area contributed by atoms with E-state index in [2.05, 4.69) is 157 Å². The molecule has 1 atom stereocenters. The first kappa shape index (κ1) is 29.5. The van der Waals surface area contributed by atoms with Crippen LogP contribution in [0.3, 0.4) is 0 Å². The van der Waals surface area contributed by atoms with Crippen LogP contribution >= 0.6 is 0 Å². The van der Waals surface area contributed by atoms with Gasteiger partial charge in [-0.25, -0.2) is 0 Å². The average molecular weight is 694 g/mol. The van der Waals surface area contributed by atoms with Gasteiger partial charge in [-0.05, 0) is 89.3 Å². The van der Waals surface area contributed by atoms with Gasteiger partial charge < -0.3 is 18.5 Å². The minimum atomic E-state index is -0.665. The summed E-state index contributed by atoms with van der Waals surface area (Å²) in [4.78, 5) is 2.37. The summed E-state index contributed by atoms with van der Waals surface area (Å²) in [6.07, 6.45) is 0. The lowest BCUT2D eigenvalue weighted by molar-refractivity contribution is 0.441. The Kier molecular flexibility index (Phi) is 5.88. The largest absolute Gasteiger partial charge is 0.456 e. The van der Waals surface area contributed by atoms with E-state index in [1.54, 1.807) is 0 Å². The fourth-order valence-electron chi connectivity index (χ4n) is 9.42. The van der Waals surface area contributed by atoms with Crippen LogP contribution in [0.2, 0.25) is 0 Å². The van der Waals surface area contributed by atoms with Gasteiger partial charge in [-0.15, -0.1) is 0 Å². The Balaban J connectivity index is 1.19. The molecular formula is C50H31NO3. The lowest BCUT2D eigenvalue weighted by Gasteiger charge is -2.40. The van der Waals surface area contributed by atoms with Crippen molar-refractivity contribution >= 4 is 60.9 Å². The van der Waals surface area contributed by atoms with Crippen molar-refractivity contribution in [2.75, 3.05) is 4.90 Å². The highest BCUT2D eigenvalue weighted by Crippen LogP contribution is 2.64. The van der Waals surface area contributed by atoms with Gasteiger partial charge in [0.05, 0.1) is 16.5 Å². The molecule has 0 radical (unpaired) electrons. The van der Waals surface area contributed by atoms with Gasteiger partial charge in [-0.1, -0.05) is 115 Å². The predicted molar refractivity (Wildman–Crippen MR) is 218 cm³/mol. The van der Waals surface area contributed by atoms with E-state index in [0.717, 1.165) is 83.6 Å². The Labute approximate surface area is 311 Å². The molecule has 0 saturated heterocycles. The number of nitrogens with zero attached hydrogens (tertiary/aromatic N) is 1. The van der Waals surface area contributed by atoms with Crippen molar-refractivity contribution in [2.24, 2.45) is 0 Å². The molecule has 0 fully saturated rings. The second-order valence-corrected chi connectivity index (χ2v) is 14.4. The molecule has 12 rings (SSSR count). The van der Waals surface area contributed by atoms with Gasteiger partial charge in [0.2, 0.25) is 0 Å². The van der Waals surface area contributed by atoms with Gasteiger partial charge in [0, 0.05) is 38.7 Å². The molecule has 1 aliphatic heterocycles. The van der Waals surface area contributed by atoms with Crippen LogP contribution in [-0.2, 0) is 5.41 Å². The molecule has 3 heterocycles. The second kappa shape index (κ2) is 10.8. The zero-order valence-electron chi connectivity index (χ0n) is 29.3. The Bertz CT molecular complexity index is 3180. The molecule has 4 heteroatoms. The van der Waals surface area contributed by atoms with Gasteiger partial charge in [0.25, 0.3) is 0 Å². The van der Waals surface area contributed by atoms with E-state index in [4.69, 9.17) is 13.6 Å². The van der Waals surface area contributed by atoms with E-state index >= 15 is 0 Å². The molecule has 0 saturated carbocycles. The van der Waals surface area contributed by atoms with Crippen LogP contribution in [0.5, 0.6) is 11.5 Å². The minimum Gasteiger partial charge on any atom is -0.456 e. The normalized spacial score (nSPS) is 15.4. The van der Waals surface area contributed by atoms with E-state index in [0.29, 0.717) is 0 Å². The number of furan rings is 2. The second-order valence-electron chi connectivity index (χ2n) is 14.4. The Morgan fingerprint density at radius 2 is 1.15 bits per heavy atom. The standard InChI is InChI=1S/C50H31NO3/c1-30-13-2-8-20-41(30)51(42-21-12-17-35-34-15-4-9-22-43(34)53-48(35)42)31-25-26-33-32-14-3-6-18-37(32)50(40(33)29-31)38-19-7-11-24-45(38)54-49-39(50)27-28-46-47(49)36-16-5-10-23-44(36)52-46/h2-29H,1H3. The van der Waals surface area contributed by atoms with Crippen LogP contribution in [0.15, 0.2) is 179 Å². The monoisotopic (exact) mass is 693 g/mol. The molecule has 4 nitrogen and oxygen atoms in total. The quantitative estimate of drug-likeness (QED) is 0.185. The number of aryl methyl sites for hydroxylation is 1. The maximum absolute atomic E-state index is 7.00. The van der Waals surface area contributed by atoms with Crippen LogP contribution < -0.4 is 9.64 Å². The average Bonchev–Trinajstić information content (AvgIpc) is 3.88. The Hall–Kier alpha value is -7.04. The van der Waals surface area contributed by atoms with Crippen LogP contribution in [0.4, 0.5) is 17.1 Å². The Morgan fingerprint density at radius 1 is 0.463 bits per heavy atom. The number of fused-ring (bicyclic) bond motifs is 16. The smallest absolute Gasteiger partial charge is 0.159 e. The lowest BCUT2D eigenvalue weighted by Crippen LogP contribution is -2.32. The van der Waals surface area contributed by atoms with Crippen molar-refractivity contribution in [1.82, 2.24) is 0 Å². The highest BCUT2D eigenvalue weighted by molar-refractivity contribution is 6.11. The molecule has 1 spiro atoms. The summed E-state index contributed by atoms with van der Waals surface area (Å²) >= 11 is 0. The number of anilines is 3. The topological polar surface area (TPSA) is 38.8 Å². The SMILES string of the molecule is Cc1ccccc1N(c1ccc2c(c1)C1(c3ccccc3Oc3c1ccc1oc4ccccc4c31)c1ccccc1-2)c1cccc2c1oc1ccccc12. The van der Waals surface area contributed by atoms with Gasteiger partial charge in [-0.2, -0.15) is 0 Å². The molecule has 0 bridgehead atoms. The molecule has 8 aromatic carbocycles. The summed E-state index contributed by atoms with van der Waals surface area (Å²) in [6.45, 7) is 2.18. The number of para-hydroxylation sites is 5. The van der Waals surface area contributed by atoms with Gasteiger partial charge in [-0.3, -0.25) is 0 Å². The van der Waals surface area contributed by atoms with Gasteiger partial charge in [0.1, 0.15) is 28.2 Å². The van der Waals surface area contributed by atoms with E-state index in [-0.39, 0.29) is 0 Å². The molecular weight excluding hydrogens is 663 g/mol. The van der Waals surface area contributed by atoms with Crippen molar-refractivity contribution in [3.63, 3.8) is 0 Å². The third-order valence-electron chi connectivity index (χ3n) is 11.7. The number of hydrogen-bond acceptors (Lipinski definition) is 4. The lowest BCUT2D eigenvalue weighted by atomic mass is 9.65. The zero-order valence-corrected chi connectivity index (χ0v) is 29.3. The maximum atomic E-state index is 7.00. The fourth-order valence-corrected chi connectivity index (χ4v) is 9.42. The van der Waals surface area contributed by atoms with E-state index in [1.165, 1.54) is 27.8 Å². The minimum absolute atomic E-state index is 0.665. The summed E-state index contributed by atoms with van der Waals surface area (Å²) in [6, 6.07) is 60.4. The molecule has 54 heavy (non-hydrogen) atoms. The van der Waals surface area contributed by atoms with Crippen LogP contribution in [0.1, 0.15) is 27.8 Å². The van der Waals surface area contributed by atoms with Crippen LogP contribution in [0.25, 0.3) is 55.0 Å². The number of hydrogen-bond donors (Lipinski definition) is 0. The van der Waals surface area contributed by atoms with E-state index < -0.39 is 5.41 Å². The number of benzene rings is 8. The van der Waals surface area contributed by atoms with Crippen molar-refractivity contribution in [3.05, 3.63) is 198 Å². The molecule has 2 aliphatic rings. The summed E-state index contributed by atoms with van der Waals surface area (Å²) in [5.74, 6) is 1.69. The van der Waals surface area contributed by atoms with E-state index in [1.807, 2.05) is 24.3 Å². The molecule has 2 aromatic heterocycles. The summed E-state index contributed by atoms with van der Waals surface area (Å²) in [5, 5.41) is 4.24. The third kappa shape index (κ3) is 3.76. The highest BCUT2D eigenvalue weighted by Gasteiger charge is 2.52. The van der Waals surface area contributed by atoms with Gasteiger partial charge in [0.15, 0.2) is 5.58 Å². The van der Waals surface area contributed by atoms with Crippen LogP contribution in [0, 0.1) is 6.92 Å². The third-order valence-corrected chi connectivity index (χ3v) is 11.7. The number of rotatable bonds is 3. The molecule has 1 unspecified atom stereocenters. The van der Waals surface area contributed by atoms with E-state index in [9.17, 15) is 0 Å². The Morgan fingerprint density at radius 3 is 2.04 bits per heavy atom. The van der Waals surface area contributed by atoms with Crippen molar-refractivity contribution in [2.45, 2.75) is 12.3 Å². The summed E-state index contributed by atoms with van der Waals surface area (Å²) in [7, 11) is 0. The summed E-state index contributed by atoms with van der Waals surface area (Å²) in [5.41, 5.74) is 14.1. The molecule has 254 valence electrons.